The van der Waals surface area contributed by atoms with Gasteiger partial charge in [0.15, 0.2) is 5.11 Å². The van der Waals surface area contributed by atoms with E-state index < -0.39 is 0 Å². The zero-order valence-electron chi connectivity index (χ0n) is 13.2. The standard InChI is InChI=1S/C17H22N4S/c1-12(2)10-21-16(13-7-9-20(3)11-13)15(19-17(21)22)14-6-4-5-8-18-14/h4-9,11-12,15-16H,10H2,1-3H3,(H,19,22)/t15-,16+/m0/s1. The lowest BCUT2D eigenvalue weighted by atomic mass is 9.98. The molecule has 22 heavy (non-hydrogen) atoms. The number of nitrogens with one attached hydrogen (secondary N) is 1. The molecule has 0 radical (unpaired) electrons. The Morgan fingerprint density at radius 1 is 1.32 bits per heavy atom. The summed E-state index contributed by atoms with van der Waals surface area (Å²) in [6, 6.07) is 8.49. The number of hydrogen-bond acceptors (Lipinski definition) is 2. The van der Waals surface area contributed by atoms with Gasteiger partial charge in [-0.25, -0.2) is 0 Å². The van der Waals surface area contributed by atoms with E-state index in [9.17, 15) is 0 Å². The lowest BCUT2D eigenvalue weighted by Crippen LogP contribution is -2.32. The van der Waals surface area contributed by atoms with Crippen molar-refractivity contribution in [2.24, 2.45) is 13.0 Å². The first-order valence-electron chi connectivity index (χ1n) is 7.66. The number of thiocarbonyl (C=S) groups is 1. The van der Waals surface area contributed by atoms with Crippen molar-refractivity contribution in [3.05, 3.63) is 54.1 Å². The van der Waals surface area contributed by atoms with Crippen molar-refractivity contribution in [1.29, 1.82) is 0 Å². The van der Waals surface area contributed by atoms with Crippen LogP contribution in [0.3, 0.4) is 0 Å². The van der Waals surface area contributed by atoms with E-state index in [4.69, 9.17) is 12.2 Å². The first kappa shape index (κ1) is 15.0. The molecule has 0 aromatic carbocycles. The quantitative estimate of drug-likeness (QED) is 0.879. The van der Waals surface area contributed by atoms with E-state index in [1.165, 1.54) is 5.56 Å². The average Bonchev–Trinajstić information content (AvgIpc) is 3.04. The number of aromatic nitrogens is 2. The van der Waals surface area contributed by atoms with E-state index in [-0.39, 0.29) is 12.1 Å². The molecule has 2 atom stereocenters. The molecule has 1 N–H and O–H groups in total. The van der Waals surface area contributed by atoms with Crippen LogP contribution in [0.15, 0.2) is 42.9 Å². The van der Waals surface area contributed by atoms with Gasteiger partial charge in [-0.2, -0.15) is 0 Å². The molecule has 3 rings (SSSR count). The Labute approximate surface area is 137 Å². The third-order valence-corrected chi connectivity index (χ3v) is 4.31. The summed E-state index contributed by atoms with van der Waals surface area (Å²) in [5.74, 6) is 0.549. The molecular formula is C17H22N4S. The number of pyridine rings is 1. The zero-order valence-corrected chi connectivity index (χ0v) is 14.0. The molecule has 0 unspecified atom stereocenters. The summed E-state index contributed by atoms with van der Waals surface area (Å²) in [5, 5.41) is 4.29. The predicted octanol–water partition coefficient (Wildman–Crippen LogP) is 3.05. The number of hydrogen-bond donors (Lipinski definition) is 1. The van der Waals surface area contributed by atoms with Crippen LogP contribution >= 0.6 is 12.2 Å². The molecule has 5 heteroatoms. The lowest BCUT2D eigenvalue weighted by Gasteiger charge is -2.28. The van der Waals surface area contributed by atoms with Gasteiger partial charge in [0.1, 0.15) is 0 Å². The van der Waals surface area contributed by atoms with E-state index >= 15 is 0 Å². The van der Waals surface area contributed by atoms with Gasteiger partial charge in [-0.15, -0.1) is 0 Å². The fourth-order valence-electron chi connectivity index (χ4n) is 3.06. The van der Waals surface area contributed by atoms with Gasteiger partial charge < -0.3 is 14.8 Å². The van der Waals surface area contributed by atoms with Crippen molar-refractivity contribution < 1.29 is 0 Å². The molecule has 1 aliphatic heterocycles. The Morgan fingerprint density at radius 2 is 2.14 bits per heavy atom. The predicted molar refractivity (Wildman–Crippen MR) is 92.4 cm³/mol. The SMILES string of the molecule is CC(C)CN1C(=S)N[C@@H](c2ccccn2)[C@H]1c1ccn(C)c1. The largest absolute Gasteiger partial charge is 0.357 e. The van der Waals surface area contributed by atoms with Crippen molar-refractivity contribution in [2.75, 3.05) is 6.54 Å². The number of aryl methyl sites for hydroxylation is 1. The van der Waals surface area contributed by atoms with Crippen LogP contribution in [0.1, 0.15) is 37.2 Å². The van der Waals surface area contributed by atoms with Crippen molar-refractivity contribution in [2.45, 2.75) is 25.9 Å². The summed E-state index contributed by atoms with van der Waals surface area (Å²) in [6.07, 6.45) is 6.09. The van der Waals surface area contributed by atoms with Crippen LogP contribution in [0.5, 0.6) is 0 Å². The minimum atomic E-state index is 0.0925. The molecule has 0 bridgehead atoms. The van der Waals surface area contributed by atoms with Crippen LogP contribution < -0.4 is 5.32 Å². The second-order valence-corrected chi connectivity index (χ2v) is 6.67. The Morgan fingerprint density at radius 3 is 2.73 bits per heavy atom. The molecule has 1 saturated heterocycles. The monoisotopic (exact) mass is 314 g/mol. The second-order valence-electron chi connectivity index (χ2n) is 6.28. The third-order valence-electron chi connectivity index (χ3n) is 3.96. The summed E-state index contributed by atoms with van der Waals surface area (Å²) >= 11 is 5.60. The maximum Gasteiger partial charge on any atom is 0.170 e. The molecule has 1 fully saturated rings. The van der Waals surface area contributed by atoms with Gasteiger partial charge in [-0.05, 0) is 41.9 Å². The van der Waals surface area contributed by atoms with Crippen LogP contribution in [-0.2, 0) is 7.05 Å². The van der Waals surface area contributed by atoms with Gasteiger partial charge in [0, 0.05) is 32.2 Å². The van der Waals surface area contributed by atoms with Crippen LogP contribution in [-0.4, -0.2) is 26.1 Å². The maximum absolute atomic E-state index is 5.60. The summed E-state index contributed by atoms with van der Waals surface area (Å²) in [7, 11) is 2.05. The van der Waals surface area contributed by atoms with Crippen LogP contribution in [0.4, 0.5) is 0 Å². The van der Waals surface area contributed by atoms with E-state index in [0.29, 0.717) is 5.92 Å². The lowest BCUT2D eigenvalue weighted by molar-refractivity contribution is 0.287. The Balaban J connectivity index is 2.00. The van der Waals surface area contributed by atoms with E-state index in [1.54, 1.807) is 0 Å². The highest BCUT2D eigenvalue weighted by atomic mass is 32.1. The van der Waals surface area contributed by atoms with Gasteiger partial charge in [0.25, 0.3) is 0 Å². The number of nitrogens with zero attached hydrogens (tertiary/aromatic N) is 3. The fraction of sp³-hybridized carbons (Fsp3) is 0.412. The van der Waals surface area contributed by atoms with Gasteiger partial charge in [0.05, 0.1) is 17.8 Å². The van der Waals surface area contributed by atoms with Gasteiger partial charge >= 0.3 is 0 Å². The van der Waals surface area contributed by atoms with Crippen molar-refractivity contribution in [3.63, 3.8) is 0 Å². The second kappa shape index (κ2) is 6.08. The van der Waals surface area contributed by atoms with Crippen LogP contribution in [0.25, 0.3) is 0 Å². The molecule has 0 saturated carbocycles. The van der Waals surface area contributed by atoms with Gasteiger partial charge in [0.2, 0.25) is 0 Å². The maximum atomic E-state index is 5.60. The minimum Gasteiger partial charge on any atom is -0.357 e. The van der Waals surface area contributed by atoms with Crippen LogP contribution in [0, 0.1) is 5.92 Å². The smallest absolute Gasteiger partial charge is 0.170 e. The third kappa shape index (κ3) is 2.86. The van der Waals surface area contributed by atoms with E-state index in [2.05, 4.69) is 58.1 Å². The molecular weight excluding hydrogens is 292 g/mol. The fourth-order valence-corrected chi connectivity index (χ4v) is 3.37. The Bertz CT molecular complexity index is 650. The van der Waals surface area contributed by atoms with Crippen molar-refractivity contribution >= 4 is 17.3 Å². The Hall–Kier alpha value is -1.88. The molecule has 2 aromatic heterocycles. The van der Waals surface area contributed by atoms with Crippen LogP contribution in [0.2, 0.25) is 0 Å². The normalized spacial score (nSPS) is 21.5. The van der Waals surface area contributed by atoms with Gasteiger partial charge in [-0.1, -0.05) is 19.9 Å². The molecule has 4 nitrogen and oxygen atoms in total. The molecule has 0 spiro atoms. The van der Waals surface area contributed by atoms with Crippen molar-refractivity contribution in [3.8, 4) is 0 Å². The van der Waals surface area contributed by atoms with Crippen molar-refractivity contribution in [1.82, 2.24) is 19.8 Å². The van der Waals surface area contributed by atoms with Gasteiger partial charge in [-0.3, -0.25) is 4.98 Å². The molecule has 1 aliphatic rings. The highest BCUT2D eigenvalue weighted by Gasteiger charge is 2.40. The topological polar surface area (TPSA) is 33.1 Å². The number of rotatable bonds is 4. The summed E-state index contributed by atoms with van der Waals surface area (Å²) < 4.78 is 2.08. The average molecular weight is 314 g/mol. The van der Waals surface area contributed by atoms with E-state index in [1.807, 2.05) is 25.4 Å². The summed E-state index contributed by atoms with van der Waals surface area (Å²) in [5.41, 5.74) is 2.30. The molecule has 116 valence electrons. The zero-order chi connectivity index (χ0) is 15.7. The molecule has 0 aliphatic carbocycles. The van der Waals surface area contributed by atoms with E-state index in [0.717, 1.165) is 17.4 Å². The molecule has 3 heterocycles. The highest BCUT2D eigenvalue weighted by molar-refractivity contribution is 7.80. The Kier molecular flexibility index (Phi) is 4.16. The molecule has 2 aromatic rings. The summed E-state index contributed by atoms with van der Waals surface area (Å²) in [6.45, 7) is 5.38. The minimum absolute atomic E-state index is 0.0925. The highest BCUT2D eigenvalue weighted by Crippen LogP contribution is 2.38. The summed E-state index contributed by atoms with van der Waals surface area (Å²) in [4.78, 5) is 6.84. The molecule has 0 amide bonds. The first-order chi connectivity index (χ1) is 10.6. The first-order valence-corrected chi connectivity index (χ1v) is 8.07.